The molecule has 0 spiro atoms. The fourth-order valence-electron chi connectivity index (χ4n) is 3.00. The van der Waals surface area contributed by atoms with Crippen molar-refractivity contribution in [3.63, 3.8) is 0 Å². The van der Waals surface area contributed by atoms with Gasteiger partial charge >= 0.3 is 0 Å². The Morgan fingerprint density at radius 3 is 2.35 bits per heavy atom. The molecule has 0 aliphatic heterocycles. The number of halogens is 2. The van der Waals surface area contributed by atoms with Crippen LogP contribution >= 0.6 is 0 Å². The van der Waals surface area contributed by atoms with Gasteiger partial charge in [-0.05, 0) is 43.3 Å². The van der Waals surface area contributed by atoms with E-state index in [0.29, 0.717) is 23.9 Å². The molecule has 0 saturated carbocycles. The SMILES string of the molecule is CCOc1ccccc1Oc1coc2cc(OCc3c(F)cccc3F)ccc2c1=O. The van der Waals surface area contributed by atoms with Crippen molar-refractivity contribution >= 4 is 11.0 Å². The van der Waals surface area contributed by atoms with Crippen molar-refractivity contribution < 1.29 is 27.4 Å². The van der Waals surface area contributed by atoms with Gasteiger partial charge in [-0.2, -0.15) is 0 Å². The second-order valence-corrected chi connectivity index (χ2v) is 6.56. The van der Waals surface area contributed by atoms with Crippen molar-refractivity contribution in [1.82, 2.24) is 0 Å². The van der Waals surface area contributed by atoms with Crippen molar-refractivity contribution in [1.29, 1.82) is 0 Å². The predicted octanol–water partition coefficient (Wildman–Crippen LogP) is 5.84. The summed E-state index contributed by atoms with van der Waals surface area (Å²) >= 11 is 0. The summed E-state index contributed by atoms with van der Waals surface area (Å²) in [5, 5.41) is 0.274. The molecule has 0 unspecified atom stereocenters. The van der Waals surface area contributed by atoms with E-state index in [0.717, 1.165) is 12.1 Å². The molecule has 5 nitrogen and oxygen atoms in total. The minimum atomic E-state index is -0.693. The van der Waals surface area contributed by atoms with Crippen LogP contribution in [-0.4, -0.2) is 6.61 Å². The lowest BCUT2D eigenvalue weighted by molar-refractivity contribution is 0.292. The Hall–Kier alpha value is -3.87. The van der Waals surface area contributed by atoms with E-state index in [4.69, 9.17) is 18.6 Å². The van der Waals surface area contributed by atoms with E-state index in [1.807, 2.05) is 6.92 Å². The van der Waals surface area contributed by atoms with E-state index in [2.05, 4.69) is 0 Å². The zero-order valence-electron chi connectivity index (χ0n) is 16.6. The number of benzene rings is 3. The molecule has 0 radical (unpaired) electrons. The first-order chi connectivity index (χ1) is 15.1. The summed E-state index contributed by atoms with van der Waals surface area (Å²) in [4.78, 5) is 12.8. The van der Waals surface area contributed by atoms with E-state index >= 15 is 0 Å². The topological polar surface area (TPSA) is 57.9 Å². The van der Waals surface area contributed by atoms with Crippen LogP contribution in [0.25, 0.3) is 11.0 Å². The lowest BCUT2D eigenvalue weighted by Gasteiger charge is -2.11. The van der Waals surface area contributed by atoms with Crippen LogP contribution in [0.2, 0.25) is 0 Å². The first-order valence-corrected chi connectivity index (χ1v) is 9.57. The molecule has 1 aromatic heterocycles. The average Bonchev–Trinajstić information content (AvgIpc) is 2.77. The Balaban J connectivity index is 1.58. The molecule has 4 aromatic rings. The Morgan fingerprint density at radius 1 is 0.871 bits per heavy atom. The molecule has 0 atom stereocenters. The third-order valence-electron chi connectivity index (χ3n) is 4.53. The van der Waals surface area contributed by atoms with Crippen LogP contribution in [0.5, 0.6) is 23.0 Å². The van der Waals surface area contributed by atoms with Gasteiger partial charge in [-0.15, -0.1) is 0 Å². The van der Waals surface area contributed by atoms with E-state index in [9.17, 15) is 13.6 Å². The highest BCUT2D eigenvalue weighted by Gasteiger charge is 2.14. The van der Waals surface area contributed by atoms with Crippen LogP contribution in [0.15, 0.2) is 76.1 Å². The molecule has 7 heteroatoms. The van der Waals surface area contributed by atoms with Crippen LogP contribution in [0, 0.1) is 11.6 Å². The van der Waals surface area contributed by atoms with E-state index in [1.165, 1.54) is 30.5 Å². The van der Waals surface area contributed by atoms with Gasteiger partial charge in [0.1, 0.15) is 35.8 Å². The lowest BCUT2D eigenvalue weighted by atomic mass is 10.2. The molecule has 0 bridgehead atoms. The largest absolute Gasteiger partial charge is 0.490 e. The third-order valence-corrected chi connectivity index (χ3v) is 4.53. The molecular weight excluding hydrogens is 406 g/mol. The van der Waals surface area contributed by atoms with Gasteiger partial charge in [-0.3, -0.25) is 4.79 Å². The maximum atomic E-state index is 13.8. The van der Waals surface area contributed by atoms with Gasteiger partial charge in [0.15, 0.2) is 11.5 Å². The Labute approximate surface area is 176 Å². The fraction of sp³-hybridized carbons (Fsp3) is 0.125. The van der Waals surface area contributed by atoms with Crippen molar-refractivity contribution in [3.8, 4) is 23.0 Å². The molecule has 1 heterocycles. The van der Waals surface area contributed by atoms with Gasteiger partial charge < -0.3 is 18.6 Å². The molecule has 158 valence electrons. The molecule has 0 saturated heterocycles. The van der Waals surface area contributed by atoms with E-state index < -0.39 is 11.6 Å². The van der Waals surface area contributed by atoms with Crippen LogP contribution in [0.4, 0.5) is 8.78 Å². The summed E-state index contributed by atoms with van der Waals surface area (Å²) in [6.07, 6.45) is 1.20. The molecule has 31 heavy (non-hydrogen) atoms. The molecule has 0 amide bonds. The number of para-hydroxylation sites is 2. The first kappa shape index (κ1) is 20.4. The van der Waals surface area contributed by atoms with Gasteiger partial charge in [0, 0.05) is 6.07 Å². The average molecular weight is 424 g/mol. The maximum Gasteiger partial charge on any atom is 0.235 e. The van der Waals surface area contributed by atoms with Crippen LogP contribution < -0.4 is 19.6 Å². The lowest BCUT2D eigenvalue weighted by Crippen LogP contribution is -2.06. The summed E-state index contributed by atoms with van der Waals surface area (Å²) in [6, 6.07) is 15.1. The Morgan fingerprint density at radius 2 is 1.61 bits per heavy atom. The molecule has 0 fully saturated rings. The number of hydrogen-bond donors (Lipinski definition) is 0. The zero-order valence-corrected chi connectivity index (χ0v) is 16.6. The van der Waals surface area contributed by atoms with Crippen molar-refractivity contribution in [2.45, 2.75) is 13.5 Å². The fourth-order valence-corrected chi connectivity index (χ4v) is 3.00. The monoisotopic (exact) mass is 424 g/mol. The Bertz CT molecular complexity index is 1260. The first-order valence-electron chi connectivity index (χ1n) is 9.57. The molecule has 0 aliphatic rings. The standard InChI is InChI=1S/C24H18F2O5/c1-2-28-20-8-3-4-9-21(20)31-23-14-30-22-12-15(10-11-16(22)24(23)27)29-13-17-18(25)6-5-7-19(17)26/h3-12,14H,2,13H2,1H3. The van der Waals surface area contributed by atoms with Gasteiger partial charge in [-0.25, -0.2) is 8.78 Å². The molecule has 0 N–H and O–H groups in total. The number of hydrogen-bond acceptors (Lipinski definition) is 5. The molecule has 4 rings (SSSR count). The molecular formula is C24H18F2O5. The van der Waals surface area contributed by atoms with Gasteiger partial charge in [0.2, 0.25) is 11.2 Å². The van der Waals surface area contributed by atoms with E-state index in [1.54, 1.807) is 24.3 Å². The van der Waals surface area contributed by atoms with Gasteiger partial charge in [0.25, 0.3) is 0 Å². The van der Waals surface area contributed by atoms with Crippen molar-refractivity contribution in [2.24, 2.45) is 0 Å². The highest BCUT2D eigenvalue weighted by Crippen LogP contribution is 2.31. The highest BCUT2D eigenvalue weighted by atomic mass is 19.1. The normalized spacial score (nSPS) is 10.8. The summed E-state index contributed by atoms with van der Waals surface area (Å²) < 4.78 is 49.8. The minimum Gasteiger partial charge on any atom is -0.490 e. The van der Waals surface area contributed by atoms with E-state index in [-0.39, 0.29) is 34.3 Å². The number of fused-ring (bicyclic) bond motifs is 1. The summed E-state index contributed by atoms with van der Waals surface area (Å²) in [5.41, 5.74) is -0.304. The summed E-state index contributed by atoms with van der Waals surface area (Å²) in [5.74, 6) is -0.185. The molecule has 0 aliphatic carbocycles. The second-order valence-electron chi connectivity index (χ2n) is 6.56. The number of ether oxygens (including phenoxy) is 3. The quantitative estimate of drug-likeness (QED) is 0.373. The maximum absolute atomic E-state index is 13.8. The second kappa shape index (κ2) is 8.87. The summed E-state index contributed by atoms with van der Waals surface area (Å²) in [7, 11) is 0. The van der Waals surface area contributed by atoms with Gasteiger partial charge in [-0.1, -0.05) is 18.2 Å². The van der Waals surface area contributed by atoms with Crippen LogP contribution in [0.3, 0.4) is 0 Å². The van der Waals surface area contributed by atoms with Gasteiger partial charge in [0.05, 0.1) is 17.6 Å². The smallest absolute Gasteiger partial charge is 0.235 e. The number of rotatable bonds is 7. The third kappa shape index (κ3) is 4.35. The van der Waals surface area contributed by atoms with Crippen molar-refractivity contribution in [3.05, 3.63) is 94.3 Å². The molecule has 3 aromatic carbocycles. The minimum absolute atomic E-state index is 0.00162. The Kier molecular flexibility index (Phi) is 5.84. The van der Waals surface area contributed by atoms with Crippen LogP contribution in [0.1, 0.15) is 12.5 Å². The highest BCUT2D eigenvalue weighted by molar-refractivity contribution is 5.79. The zero-order chi connectivity index (χ0) is 21.8. The summed E-state index contributed by atoms with van der Waals surface area (Å²) in [6.45, 7) is 2.00. The van der Waals surface area contributed by atoms with Crippen molar-refractivity contribution in [2.75, 3.05) is 6.61 Å². The predicted molar refractivity (Wildman–Crippen MR) is 111 cm³/mol. The van der Waals surface area contributed by atoms with Crippen LogP contribution in [-0.2, 0) is 6.61 Å².